The Morgan fingerprint density at radius 2 is 2.00 bits per heavy atom. The monoisotopic (exact) mass is 306 g/mol. The van der Waals surface area contributed by atoms with Crippen molar-refractivity contribution in [2.24, 2.45) is 11.1 Å². The Morgan fingerprint density at radius 3 is 2.50 bits per heavy atom. The topological polar surface area (TPSA) is 125 Å². The molecule has 0 aromatic heterocycles. The number of amides is 3. The first kappa shape index (κ1) is 16.3. The largest absolute Gasteiger partial charge is 0.369 e. The van der Waals surface area contributed by atoms with E-state index in [1.165, 1.54) is 0 Å². The Kier molecular flexibility index (Phi) is 4.69. The highest BCUT2D eigenvalue weighted by Crippen LogP contribution is 2.40. The Morgan fingerprint density at radius 1 is 1.32 bits per heavy atom. The predicted molar refractivity (Wildman–Crippen MR) is 78.1 cm³/mol. The minimum atomic E-state index is -1.17. The zero-order valence-corrected chi connectivity index (χ0v) is 12.6. The smallest absolute Gasteiger partial charge is 0.223 e. The summed E-state index contributed by atoms with van der Waals surface area (Å²) in [5.74, 6) is -0.903. The van der Waals surface area contributed by atoms with Crippen LogP contribution >= 0.6 is 0 Å². The molecule has 0 bridgehead atoms. The van der Waals surface area contributed by atoms with Crippen molar-refractivity contribution in [2.45, 2.75) is 56.9 Å². The molecule has 120 valence electrons. The lowest BCUT2D eigenvalue weighted by Gasteiger charge is -2.34. The van der Waals surface area contributed by atoms with Crippen LogP contribution in [0.25, 0.3) is 0 Å². The van der Waals surface area contributed by atoms with E-state index >= 15 is 0 Å². The van der Waals surface area contributed by atoms with Crippen LogP contribution in [0.3, 0.4) is 0 Å². The molecule has 0 spiro atoms. The Hall–Kier alpha value is -2.10. The maximum absolute atomic E-state index is 12.1. The number of rotatable bonds is 5. The molecule has 3 amide bonds. The van der Waals surface area contributed by atoms with Gasteiger partial charge in [-0.15, -0.1) is 0 Å². The SMILES string of the molecule is N#CC1(NC(=O)CCC2(C(N)=O)CCCCC2)CNC(=O)C1. The van der Waals surface area contributed by atoms with E-state index in [4.69, 9.17) is 5.73 Å². The van der Waals surface area contributed by atoms with Crippen molar-refractivity contribution in [3.05, 3.63) is 0 Å². The molecular weight excluding hydrogens is 284 g/mol. The second-order valence-corrected chi connectivity index (χ2v) is 6.40. The molecule has 0 aromatic rings. The minimum absolute atomic E-state index is 0.0315. The first-order valence-electron chi connectivity index (χ1n) is 7.70. The second kappa shape index (κ2) is 6.34. The molecule has 1 unspecified atom stereocenters. The summed E-state index contributed by atoms with van der Waals surface area (Å²) in [5, 5.41) is 14.4. The fourth-order valence-corrected chi connectivity index (χ4v) is 3.37. The van der Waals surface area contributed by atoms with Crippen LogP contribution in [0, 0.1) is 16.7 Å². The standard InChI is InChI=1S/C15H22N4O3/c16-9-15(8-12(21)18-10-15)19-11(20)4-7-14(13(17)22)5-2-1-3-6-14/h1-8,10H2,(H2,17,22)(H,18,21)(H,19,20). The third-order valence-corrected chi connectivity index (χ3v) is 4.81. The number of nitriles is 1. The van der Waals surface area contributed by atoms with Crippen molar-refractivity contribution < 1.29 is 14.4 Å². The third kappa shape index (κ3) is 3.38. The number of nitrogens with two attached hydrogens (primary N) is 1. The van der Waals surface area contributed by atoms with E-state index in [1.807, 2.05) is 6.07 Å². The number of primary amides is 1. The molecule has 0 aromatic carbocycles. The normalized spacial score (nSPS) is 26.8. The molecule has 2 fully saturated rings. The summed E-state index contributed by atoms with van der Waals surface area (Å²) in [6.07, 6.45) is 4.94. The maximum Gasteiger partial charge on any atom is 0.223 e. The highest BCUT2D eigenvalue weighted by atomic mass is 16.2. The van der Waals surface area contributed by atoms with Gasteiger partial charge >= 0.3 is 0 Å². The van der Waals surface area contributed by atoms with E-state index in [9.17, 15) is 19.6 Å². The van der Waals surface area contributed by atoms with Gasteiger partial charge in [-0.2, -0.15) is 5.26 Å². The number of hydrogen-bond donors (Lipinski definition) is 3. The van der Waals surface area contributed by atoms with E-state index in [0.717, 1.165) is 32.1 Å². The summed E-state index contributed by atoms with van der Waals surface area (Å²) < 4.78 is 0. The van der Waals surface area contributed by atoms with Crippen molar-refractivity contribution >= 4 is 17.7 Å². The van der Waals surface area contributed by atoms with Crippen LogP contribution in [-0.4, -0.2) is 29.8 Å². The highest BCUT2D eigenvalue weighted by Gasteiger charge is 2.41. The van der Waals surface area contributed by atoms with Gasteiger partial charge in [-0.3, -0.25) is 14.4 Å². The molecule has 1 heterocycles. The number of carbonyl (C=O) groups is 3. The number of hydrogen-bond acceptors (Lipinski definition) is 4. The van der Waals surface area contributed by atoms with Gasteiger partial charge in [0.15, 0.2) is 5.54 Å². The van der Waals surface area contributed by atoms with Crippen molar-refractivity contribution in [2.75, 3.05) is 6.54 Å². The zero-order chi connectivity index (χ0) is 16.2. The molecule has 22 heavy (non-hydrogen) atoms. The van der Waals surface area contributed by atoms with Crippen LogP contribution in [0.2, 0.25) is 0 Å². The summed E-state index contributed by atoms with van der Waals surface area (Å²) in [4.78, 5) is 35.2. The van der Waals surface area contributed by atoms with Crippen LogP contribution in [0.5, 0.6) is 0 Å². The molecule has 0 radical (unpaired) electrons. The molecule has 1 aliphatic carbocycles. The molecule has 1 saturated heterocycles. The van der Waals surface area contributed by atoms with E-state index < -0.39 is 11.0 Å². The van der Waals surface area contributed by atoms with Crippen LogP contribution in [0.15, 0.2) is 0 Å². The third-order valence-electron chi connectivity index (χ3n) is 4.81. The molecule has 7 nitrogen and oxygen atoms in total. The zero-order valence-electron chi connectivity index (χ0n) is 12.6. The van der Waals surface area contributed by atoms with Gasteiger partial charge in [0.2, 0.25) is 17.7 Å². The van der Waals surface area contributed by atoms with E-state index in [1.54, 1.807) is 0 Å². The van der Waals surface area contributed by atoms with Crippen molar-refractivity contribution in [3.63, 3.8) is 0 Å². The summed E-state index contributed by atoms with van der Waals surface area (Å²) in [6, 6.07) is 2.00. The highest BCUT2D eigenvalue weighted by molar-refractivity contribution is 5.85. The van der Waals surface area contributed by atoms with Gasteiger partial charge in [-0.05, 0) is 19.3 Å². The summed E-state index contributed by atoms with van der Waals surface area (Å²) >= 11 is 0. The van der Waals surface area contributed by atoms with Crippen LogP contribution in [0.4, 0.5) is 0 Å². The van der Waals surface area contributed by atoms with Crippen molar-refractivity contribution in [1.82, 2.24) is 10.6 Å². The predicted octanol–water partition coefficient (Wildman–Crippen LogP) is 0.101. The van der Waals surface area contributed by atoms with Crippen LogP contribution in [0.1, 0.15) is 51.4 Å². The van der Waals surface area contributed by atoms with Gasteiger partial charge in [0.1, 0.15) is 0 Å². The van der Waals surface area contributed by atoms with Gasteiger partial charge in [-0.1, -0.05) is 19.3 Å². The fraction of sp³-hybridized carbons (Fsp3) is 0.733. The van der Waals surface area contributed by atoms with Gasteiger partial charge in [0.05, 0.1) is 19.0 Å². The first-order chi connectivity index (χ1) is 10.4. The van der Waals surface area contributed by atoms with Crippen LogP contribution < -0.4 is 16.4 Å². The van der Waals surface area contributed by atoms with Gasteiger partial charge < -0.3 is 16.4 Å². The lowest BCUT2D eigenvalue weighted by Crippen LogP contribution is -2.49. The minimum Gasteiger partial charge on any atom is -0.369 e. The molecule has 1 aliphatic heterocycles. The Labute approximate surface area is 129 Å². The van der Waals surface area contributed by atoms with E-state index in [2.05, 4.69) is 10.6 Å². The summed E-state index contributed by atoms with van der Waals surface area (Å²) in [5.41, 5.74) is 3.78. The lowest BCUT2D eigenvalue weighted by atomic mass is 9.70. The quantitative estimate of drug-likeness (QED) is 0.666. The average molecular weight is 306 g/mol. The molecule has 1 atom stereocenters. The van der Waals surface area contributed by atoms with E-state index in [0.29, 0.717) is 6.42 Å². The Bertz CT molecular complexity index is 519. The van der Waals surface area contributed by atoms with Gasteiger partial charge in [0.25, 0.3) is 0 Å². The molecule has 4 N–H and O–H groups in total. The van der Waals surface area contributed by atoms with Gasteiger partial charge in [0, 0.05) is 11.8 Å². The van der Waals surface area contributed by atoms with E-state index in [-0.39, 0.29) is 37.1 Å². The van der Waals surface area contributed by atoms with Crippen LogP contribution in [-0.2, 0) is 14.4 Å². The van der Waals surface area contributed by atoms with Crippen molar-refractivity contribution in [3.8, 4) is 6.07 Å². The molecule has 7 heteroatoms. The molecule has 2 aliphatic rings. The molecule has 2 rings (SSSR count). The number of nitrogens with one attached hydrogen (secondary N) is 2. The Balaban J connectivity index is 1.93. The van der Waals surface area contributed by atoms with Gasteiger partial charge in [-0.25, -0.2) is 0 Å². The number of nitrogens with zero attached hydrogens (tertiary/aromatic N) is 1. The first-order valence-corrected chi connectivity index (χ1v) is 7.70. The lowest BCUT2D eigenvalue weighted by molar-refractivity contribution is -0.131. The molecular formula is C15H22N4O3. The summed E-state index contributed by atoms with van der Waals surface area (Å²) in [6.45, 7) is 0.120. The maximum atomic E-state index is 12.1. The van der Waals surface area contributed by atoms with Crippen molar-refractivity contribution in [1.29, 1.82) is 5.26 Å². The second-order valence-electron chi connectivity index (χ2n) is 6.40. The molecule has 1 saturated carbocycles. The summed E-state index contributed by atoms with van der Waals surface area (Å²) in [7, 11) is 0. The number of carbonyl (C=O) groups excluding carboxylic acids is 3. The fourth-order valence-electron chi connectivity index (χ4n) is 3.37. The average Bonchev–Trinajstić information content (AvgIpc) is 2.87.